The number of aromatic nitrogens is 1. The lowest BCUT2D eigenvalue weighted by Gasteiger charge is -2.28. The maximum absolute atomic E-state index is 6.03. The Balaban J connectivity index is 1.39. The van der Waals surface area contributed by atoms with Gasteiger partial charge in [-0.15, -0.1) is 0 Å². The van der Waals surface area contributed by atoms with Crippen molar-refractivity contribution < 1.29 is 9.47 Å². The molecule has 0 saturated carbocycles. The molecule has 1 fully saturated rings. The molecule has 0 aliphatic carbocycles. The van der Waals surface area contributed by atoms with Crippen molar-refractivity contribution in [3.8, 4) is 11.5 Å². The van der Waals surface area contributed by atoms with Crippen LogP contribution in [0.5, 0.6) is 11.5 Å². The monoisotopic (exact) mass is 417 g/mol. The van der Waals surface area contributed by atoms with Gasteiger partial charge in [-0.05, 0) is 54.4 Å². The van der Waals surface area contributed by atoms with E-state index in [0.29, 0.717) is 0 Å². The molecule has 162 valence electrons. The van der Waals surface area contributed by atoms with Gasteiger partial charge in [0.1, 0.15) is 11.5 Å². The molecule has 2 aromatic carbocycles. The Kier molecular flexibility index (Phi) is 8.05. The topological polar surface area (TPSA) is 37.8 Å². The fourth-order valence-electron chi connectivity index (χ4n) is 3.90. The Labute approximate surface area is 185 Å². The van der Waals surface area contributed by atoms with Crippen molar-refractivity contribution in [1.29, 1.82) is 0 Å². The number of hydrogen-bond acceptors (Lipinski definition) is 5. The van der Waals surface area contributed by atoms with E-state index in [2.05, 4.69) is 39.0 Å². The van der Waals surface area contributed by atoms with Crippen molar-refractivity contribution in [2.24, 2.45) is 0 Å². The molecular formula is C26H31N3O2. The maximum Gasteiger partial charge on any atom is 0.127 e. The van der Waals surface area contributed by atoms with Crippen LogP contribution in [0.15, 0.2) is 79.1 Å². The zero-order valence-electron chi connectivity index (χ0n) is 18.0. The smallest absolute Gasteiger partial charge is 0.127 e. The minimum absolute atomic E-state index is 0.855. The average molecular weight is 418 g/mol. The molecule has 0 unspecified atom stereocenters. The fraction of sp³-hybridized carbons (Fsp3) is 0.346. The quantitative estimate of drug-likeness (QED) is 0.482. The molecule has 0 N–H and O–H groups in total. The zero-order chi connectivity index (χ0) is 21.1. The minimum Gasteiger partial charge on any atom is -0.457 e. The lowest BCUT2D eigenvalue weighted by atomic mass is 10.1. The summed E-state index contributed by atoms with van der Waals surface area (Å²) >= 11 is 0. The summed E-state index contributed by atoms with van der Waals surface area (Å²) in [5.41, 5.74) is 2.49. The molecule has 0 bridgehead atoms. The molecule has 3 aromatic rings. The highest BCUT2D eigenvalue weighted by Gasteiger charge is 2.12. The maximum atomic E-state index is 6.03. The van der Waals surface area contributed by atoms with Gasteiger partial charge in [-0.2, -0.15) is 0 Å². The van der Waals surface area contributed by atoms with E-state index < -0.39 is 0 Å². The number of morpholine rings is 1. The van der Waals surface area contributed by atoms with Crippen LogP contribution in [-0.4, -0.2) is 54.2 Å². The predicted octanol–water partition coefficient (Wildman–Crippen LogP) is 4.60. The molecule has 5 heteroatoms. The number of pyridine rings is 1. The van der Waals surface area contributed by atoms with E-state index in [4.69, 9.17) is 9.47 Å². The Morgan fingerprint density at radius 3 is 2.45 bits per heavy atom. The highest BCUT2D eigenvalue weighted by atomic mass is 16.5. The summed E-state index contributed by atoms with van der Waals surface area (Å²) in [6.07, 6.45) is 4.93. The van der Waals surface area contributed by atoms with E-state index >= 15 is 0 Å². The standard InChI is InChI=1S/C26H31N3O2/c1-2-9-25(10-3-1)31-26-11-4-7-23(19-26)21-29(22-24-8-5-12-27-20-24)14-6-13-28-15-17-30-18-16-28/h1-5,7-12,19-20H,6,13-18,21-22H2. The number of nitrogens with zero attached hydrogens (tertiary/aromatic N) is 3. The van der Waals surface area contributed by atoms with Crippen LogP contribution < -0.4 is 4.74 Å². The first-order chi connectivity index (χ1) is 15.3. The SMILES string of the molecule is c1ccc(Oc2cccc(CN(CCCN3CCOCC3)Cc3cccnc3)c2)cc1. The van der Waals surface area contributed by atoms with Crippen molar-refractivity contribution in [1.82, 2.24) is 14.8 Å². The summed E-state index contributed by atoms with van der Waals surface area (Å²) in [6.45, 7) is 7.72. The van der Waals surface area contributed by atoms with Crippen LogP contribution in [0, 0.1) is 0 Å². The zero-order valence-corrected chi connectivity index (χ0v) is 18.0. The van der Waals surface area contributed by atoms with Crippen LogP contribution >= 0.6 is 0 Å². The molecule has 1 aromatic heterocycles. The van der Waals surface area contributed by atoms with Gasteiger partial charge in [0, 0.05) is 45.1 Å². The van der Waals surface area contributed by atoms with Crippen molar-refractivity contribution in [2.45, 2.75) is 19.5 Å². The van der Waals surface area contributed by atoms with Crippen molar-refractivity contribution in [2.75, 3.05) is 39.4 Å². The molecule has 5 nitrogen and oxygen atoms in total. The summed E-state index contributed by atoms with van der Waals surface area (Å²) in [5.74, 6) is 1.73. The molecule has 2 heterocycles. The molecule has 0 radical (unpaired) electrons. The molecule has 0 amide bonds. The Bertz CT molecular complexity index is 899. The fourth-order valence-corrected chi connectivity index (χ4v) is 3.90. The summed E-state index contributed by atoms with van der Waals surface area (Å²) < 4.78 is 11.5. The van der Waals surface area contributed by atoms with Crippen LogP contribution in [0.2, 0.25) is 0 Å². The van der Waals surface area contributed by atoms with Gasteiger partial charge >= 0.3 is 0 Å². The number of ether oxygens (including phenoxy) is 2. The average Bonchev–Trinajstić information content (AvgIpc) is 2.81. The van der Waals surface area contributed by atoms with E-state index in [9.17, 15) is 0 Å². The molecule has 1 aliphatic rings. The van der Waals surface area contributed by atoms with E-state index in [0.717, 1.165) is 70.4 Å². The van der Waals surface area contributed by atoms with Gasteiger partial charge in [-0.1, -0.05) is 36.4 Å². The van der Waals surface area contributed by atoms with E-state index in [-0.39, 0.29) is 0 Å². The number of benzene rings is 2. The normalized spacial score (nSPS) is 14.6. The molecule has 1 aliphatic heterocycles. The van der Waals surface area contributed by atoms with E-state index in [1.807, 2.05) is 54.9 Å². The molecule has 4 rings (SSSR count). The molecule has 0 atom stereocenters. The van der Waals surface area contributed by atoms with E-state index in [1.165, 1.54) is 11.1 Å². The second-order valence-corrected chi connectivity index (χ2v) is 7.94. The van der Waals surface area contributed by atoms with Crippen molar-refractivity contribution in [3.63, 3.8) is 0 Å². The Hall–Kier alpha value is -2.73. The number of rotatable bonds is 10. The highest BCUT2D eigenvalue weighted by molar-refractivity contribution is 5.33. The summed E-state index contributed by atoms with van der Waals surface area (Å²) in [4.78, 5) is 9.29. The molecule has 31 heavy (non-hydrogen) atoms. The van der Waals surface area contributed by atoms with Gasteiger partial charge in [0.25, 0.3) is 0 Å². The third-order valence-electron chi connectivity index (χ3n) is 5.46. The predicted molar refractivity (Wildman–Crippen MR) is 123 cm³/mol. The van der Waals surface area contributed by atoms with Crippen LogP contribution in [0.25, 0.3) is 0 Å². The van der Waals surface area contributed by atoms with Gasteiger partial charge in [0.15, 0.2) is 0 Å². The first-order valence-corrected chi connectivity index (χ1v) is 11.1. The molecule has 1 saturated heterocycles. The Morgan fingerprint density at radius 1 is 0.871 bits per heavy atom. The van der Waals surface area contributed by atoms with Gasteiger partial charge < -0.3 is 9.47 Å². The first-order valence-electron chi connectivity index (χ1n) is 11.1. The minimum atomic E-state index is 0.855. The van der Waals surface area contributed by atoms with Crippen LogP contribution in [-0.2, 0) is 17.8 Å². The number of para-hydroxylation sites is 1. The van der Waals surface area contributed by atoms with Crippen LogP contribution in [0.1, 0.15) is 17.5 Å². The van der Waals surface area contributed by atoms with Gasteiger partial charge in [-0.3, -0.25) is 14.8 Å². The van der Waals surface area contributed by atoms with Gasteiger partial charge in [0.2, 0.25) is 0 Å². The number of hydrogen-bond donors (Lipinski definition) is 0. The Morgan fingerprint density at radius 2 is 1.65 bits per heavy atom. The second kappa shape index (κ2) is 11.6. The summed E-state index contributed by atoms with van der Waals surface area (Å²) in [7, 11) is 0. The first kappa shape index (κ1) is 21.5. The van der Waals surface area contributed by atoms with Crippen molar-refractivity contribution in [3.05, 3.63) is 90.3 Å². The third-order valence-corrected chi connectivity index (χ3v) is 5.46. The van der Waals surface area contributed by atoms with E-state index in [1.54, 1.807) is 0 Å². The third kappa shape index (κ3) is 7.17. The lowest BCUT2D eigenvalue weighted by Crippen LogP contribution is -2.38. The molecule has 0 spiro atoms. The highest BCUT2D eigenvalue weighted by Crippen LogP contribution is 2.23. The van der Waals surface area contributed by atoms with Crippen LogP contribution in [0.3, 0.4) is 0 Å². The van der Waals surface area contributed by atoms with Crippen LogP contribution in [0.4, 0.5) is 0 Å². The summed E-state index contributed by atoms with van der Waals surface area (Å²) in [6, 6.07) is 22.5. The van der Waals surface area contributed by atoms with Crippen molar-refractivity contribution >= 4 is 0 Å². The van der Waals surface area contributed by atoms with Gasteiger partial charge in [0.05, 0.1) is 13.2 Å². The largest absolute Gasteiger partial charge is 0.457 e. The second-order valence-electron chi connectivity index (χ2n) is 7.94. The lowest BCUT2D eigenvalue weighted by molar-refractivity contribution is 0.0359. The summed E-state index contributed by atoms with van der Waals surface area (Å²) in [5, 5.41) is 0. The van der Waals surface area contributed by atoms with Gasteiger partial charge in [-0.25, -0.2) is 0 Å². The molecular weight excluding hydrogens is 386 g/mol.